The first-order valence-electron chi connectivity index (χ1n) is 7.00. The molecule has 7 nitrogen and oxygen atoms in total. The summed E-state index contributed by atoms with van der Waals surface area (Å²) < 4.78 is 11.9. The maximum Gasteiger partial charge on any atom is 0.267 e. The van der Waals surface area contributed by atoms with Gasteiger partial charge in [-0.15, -0.1) is 0 Å². The fourth-order valence-corrected chi connectivity index (χ4v) is 2.57. The molecule has 3 rings (SSSR count). The molecule has 0 radical (unpaired) electrons. The lowest BCUT2D eigenvalue weighted by Gasteiger charge is -2.14. The second-order valence-electron chi connectivity index (χ2n) is 4.92. The summed E-state index contributed by atoms with van der Waals surface area (Å²) in [6.45, 7) is 0. The molecule has 0 bridgehead atoms. The number of nitrogens with zero attached hydrogens (tertiary/aromatic N) is 2. The van der Waals surface area contributed by atoms with Crippen molar-refractivity contribution < 1.29 is 9.47 Å². The maximum absolute atomic E-state index is 13.0. The van der Waals surface area contributed by atoms with Crippen molar-refractivity contribution >= 4 is 28.5 Å². The molecule has 0 atom stereocenters. The Morgan fingerprint density at radius 3 is 2.33 bits per heavy atom. The van der Waals surface area contributed by atoms with Gasteiger partial charge in [0.25, 0.3) is 5.56 Å². The highest BCUT2D eigenvalue weighted by Gasteiger charge is 2.15. The van der Waals surface area contributed by atoms with Gasteiger partial charge in [-0.2, -0.15) is 0 Å². The molecule has 0 spiro atoms. The van der Waals surface area contributed by atoms with Gasteiger partial charge in [0, 0.05) is 11.1 Å². The van der Waals surface area contributed by atoms with E-state index in [4.69, 9.17) is 26.9 Å². The molecule has 0 unspecified atom stereocenters. The highest BCUT2D eigenvalue weighted by atomic mass is 35.5. The van der Waals surface area contributed by atoms with Crippen molar-refractivity contribution in [2.75, 3.05) is 19.6 Å². The van der Waals surface area contributed by atoms with Crippen LogP contribution in [0.5, 0.6) is 11.5 Å². The molecule has 0 aliphatic heterocycles. The van der Waals surface area contributed by atoms with Gasteiger partial charge < -0.3 is 9.47 Å². The van der Waals surface area contributed by atoms with E-state index in [2.05, 4.69) is 10.4 Å². The van der Waals surface area contributed by atoms with Gasteiger partial charge in [0.15, 0.2) is 11.5 Å². The molecule has 0 aliphatic rings. The van der Waals surface area contributed by atoms with E-state index in [0.29, 0.717) is 33.1 Å². The Kier molecular flexibility index (Phi) is 4.28. The summed E-state index contributed by atoms with van der Waals surface area (Å²) in [4.78, 5) is 17.4. The fraction of sp³-hybridized carbons (Fsp3) is 0.125. The van der Waals surface area contributed by atoms with Crippen LogP contribution in [-0.2, 0) is 0 Å². The molecule has 0 saturated heterocycles. The van der Waals surface area contributed by atoms with Gasteiger partial charge in [-0.05, 0) is 30.3 Å². The molecule has 3 N–H and O–H groups in total. The molecule has 0 saturated carbocycles. The first-order valence-corrected chi connectivity index (χ1v) is 7.38. The summed E-state index contributed by atoms with van der Waals surface area (Å²) in [6.07, 6.45) is 0. The SMILES string of the molecule is COc1cc2nc(NN)n(-c3ccc(Cl)cc3)c(=O)c2cc1OC. The third-order valence-electron chi connectivity index (χ3n) is 3.59. The van der Waals surface area contributed by atoms with Crippen LogP contribution in [0.15, 0.2) is 41.2 Å². The van der Waals surface area contributed by atoms with E-state index in [9.17, 15) is 4.79 Å². The lowest BCUT2D eigenvalue weighted by molar-refractivity contribution is 0.355. The van der Waals surface area contributed by atoms with E-state index in [0.717, 1.165) is 0 Å². The first-order chi connectivity index (χ1) is 11.6. The Morgan fingerprint density at radius 1 is 1.12 bits per heavy atom. The van der Waals surface area contributed by atoms with Crippen LogP contribution in [0.1, 0.15) is 0 Å². The van der Waals surface area contributed by atoms with Crippen LogP contribution >= 0.6 is 11.6 Å². The van der Waals surface area contributed by atoms with Gasteiger partial charge >= 0.3 is 0 Å². The minimum Gasteiger partial charge on any atom is -0.493 e. The van der Waals surface area contributed by atoms with E-state index >= 15 is 0 Å². The van der Waals surface area contributed by atoms with Crippen LogP contribution in [0.25, 0.3) is 16.6 Å². The quantitative estimate of drug-likeness (QED) is 0.556. The molecule has 1 aromatic heterocycles. The molecule has 0 fully saturated rings. The number of hydrogen-bond donors (Lipinski definition) is 2. The number of nitrogens with one attached hydrogen (secondary N) is 1. The van der Waals surface area contributed by atoms with E-state index in [-0.39, 0.29) is 11.5 Å². The van der Waals surface area contributed by atoms with Crippen molar-refractivity contribution in [3.8, 4) is 17.2 Å². The molecule has 1 heterocycles. The van der Waals surface area contributed by atoms with Crippen molar-refractivity contribution in [1.82, 2.24) is 9.55 Å². The van der Waals surface area contributed by atoms with Gasteiger partial charge in [-0.1, -0.05) is 11.6 Å². The van der Waals surface area contributed by atoms with Crippen molar-refractivity contribution in [3.63, 3.8) is 0 Å². The summed E-state index contributed by atoms with van der Waals surface area (Å²) in [5, 5.41) is 0.941. The van der Waals surface area contributed by atoms with Gasteiger partial charge in [-0.25, -0.2) is 15.4 Å². The van der Waals surface area contributed by atoms with Crippen molar-refractivity contribution in [2.45, 2.75) is 0 Å². The molecule has 24 heavy (non-hydrogen) atoms. The van der Waals surface area contributed by atoms with Crippen LogP contribution in [0.4, 0.5) is 5.95 Å². The van der Waals surface area contributed by atoms with Crippen LogP contribution < -0.4 is 26.3 Å². The number of hydrogen-bond acceptors (Lipinski definition) is 6. The lowest BCUT2D eigenvalue weighted by atomic mass is 10.2. The van der Waals surface area contributed by atoms with Gasteiger partial charge in [0.05, 0.1) is 30.8 Å². The number of halogens is 1. The zero-order valence-electron chi connectivity index (χ0n) is 13.0. The predicted molar refractivity (Wildman–Crippen MR) is 93.3 cm³/mol. The highest BCUT2D eigenvalue weighted by molar-refractivity contribution is 6.30. The number of nitrogens with two attached hydrogens (primary N) is 1. The third-order valence-corrected chi connectivity index (χ3v) is 3.84. The Labute approximate surface area is 142 Å². The summed E-state index contributed by atoms with van der Waals surface area (Å²) in [6, 6.07) is 10.0. The number of nitrogen functional groups attached to an aromatic ring is 1. The Hall–Kier alpha value is -2.77. The lowest BCUT2D eigenvalue weighted by Crippen LogP contribution is -2.26. The Bertz CT molecular complexity index is 954. The molecular formula is C16H15ClN4O3. The minimum absolute atomic E-state index is 0.196. The number of aromatic nitrogens is 2. The van der Waals surface area contributed by atoms with E-state index < -0.39 is 0 Å². The summed E-state index contributed by atoms with van der Waals surface area (Å²) in [5.74, 6) is 6.67. The smallest absolute Gasteiger partial charge is 0.267 e. The zero-order chi connectivity index (χ0) is 17.3. The monoisotopic (exact) mass is 346 g/mol. The number of ether oxygens (including phenoxy) is 2. The first kappa shape index (κ1) is 16.1. The van der Waals surface area contributed by atoms with Crippen LogP contribution in [0, 0.1) is 0 Å². The average Bonchev–Trinajstić information content (AvgIpc) is 2.61. The van der Waals surface area contributed by atoms with Crippen LogP contribution in [0.3, 0.4) is 0 Å². The molecule has 8 heteroatoms. The Balaban J connectivity index is 2.35. The van der Waals surface area contributed by atoms with Gasteiger partial charge in [0.2, 0.25) is 5.95 Å². The largest absolute Gasteiger partial charge is 0.493 e. The number of benzene rings is 2. The number of anilines is 1. The zero-order valence-corrected chi connectivity index (χ0v) is 13.8. The summed E-state index contributed by atoms with van der Waals surface area (Å²) >= 11 is 5.91. The molecule has 0 aliphatic carbocycles. The second kappa shape index (κ2) is 6.38. The number of methoxy groups -OCH3 is 2. The minimum atomic E-state index is -0.295. The van der Waals surface area contributed by atoms with E-state index in [1.54, 1.807) is 36.4 Å². The van der Waals surface area contributed by atoms with Gasteiger partial charge in [0.1, 0.15) is 0 Å². The van der Waals surface area contributed by atoms with Crippen LogP contribution in [0.2, 0.25) is 5.02 Å². The number of fused-ring (bicyclic) bond motifs is 1. The summed E-state index contributed by atoms with van der Waals surface area (Å²) in [7, 11) is 3.02. The van der Waals surface area contributed by atoms with E-state index in [1.807, 2.05) is 0 Å². The van der Waals surface area contributed by atoms with Crippen molar-refractivity contribution in [2.24, 2.45) is 5.84 Å². The molecular weight excluding hydrogens is 332 g/mol. The van der Waals surface area contributed by atoms with E-state index in [1.165, 1.54) is 18.8 Å². The molecule has 0 amide bonds. The molecule has 2 aromatic carbocycles. The Morgan fingerprint density at radius 2 is 1.75 bits per heavy atom. The van der Waals surface area contributed by atoms with Crippen molar-refractivity contribution in [3.05, 3.63) is 51.8 Å². The predicted octanol–water partition coefficient (Wildman–Crippen LogP) is 2.34. The second-order valence-corrected chi connectivity index (χ2v) is 5.36. The summed E-state index contributed by atoms with van der Waals surface area (Å²) in [5.41, 5.74) is 3.18. The highest BCUT2D eigenvalue weighted by Crippen LogP contribution is 2.31. The number of rotatable bonds is 4. The molecule has 3 aromatic rings. The normalized spacial score (nSPS) is 10.7. The maximum atomic E-state index is 13.0. The average molecular weight is 347 g/mol. The molecule has 124 valence electrons. The topological polar surface area (TPSA) is 91.4 Å². The van der Waals surface area contributed by atoms with Crippen LogP contribution in [-0.4, -0.2) is 23.8 Å². The third kappa shape index (κ3) is 2.64. The number of hydrazine groups is 1. The fourth-order valence-electron chi connectivity index (χ4n) is 2.44. The standard InChI is InChI=1S/C16H15ClN4O3/c1-23-13-7-11-12(8-14(13)24-2)19-16(20-18)21(15(11)22)10-5-3-9(17)4-6-10/h3-8H,18H2,1-2H3,(H,19,20). The van der Waals surface area contributed by atoms with Gasteiger partial charge in [-0.3, -0.25) is 10.2 Å². The van der Waals surface area contributed by atoms with Crippen molar-refractivity contribution in [1.29, 1.82) is 0 Å².